The Bertz CT molecular complexity index is 418. The van der Waals surface area contributed by atoms with E-state index in [4.69, 9.17) is 11.6 Å². The molecule has 1 aromatic rings. The van der Waals surface area contributed by atoms with Crippen LogP contribution in [0.15, 0.2) is 18.2 Å². The minimum absolute atomic E-state index is 0.296. The van der Waals surface area contributed by atoms with Gasteiger partial charge in [-0.25, -0.2) is 4.39 Å². The van der Waals surface area contributed by atoms with Crippen LogP contribution < -0.4 is 10.0 Å². The number of likely N-dealkylation sites (tertiary alicyclic amines) is 1. The summed E-state index contributed by atoms with van der Waals surface area (Å²) >= 11 is 5.92. The molecule has 0 bridgehead atoms. The number of aliphatic carboxylic acids is 1. The number of hydrogen-bond donors (Lipinski definition) is 1. The number of nitrogens with one attached hydrogen (secondary N) is 1. The fourth-order valence-electron chi connectivity index (χ4n) is 2.34. The third-order valence-corrected chi connectivity index (χ3v) is 3.59. The SMILES string of the molecule is O=C([O-])[C@@H]1CCC[NH+]1Cc1c(F)cccc1Cl. The van der Waals surface area contributed by atoms with Crippen molar-refractivity contribution in [3.05, 3.63) is 34.6 Å². The van der Waals surface area contributed by atoms with Crippen molar-refractivity contribution in [3.63, 3.8) is 0 Å². The van der Waals surface area contributed by atoms with Crippen LogP contribution in [0.1, 0.15) is 18.4 Å². The molecule has 0 amide bonds. The molecule has 1 unspecified atom stereocenters. The number of carbonyl (C=O) groups is 1. The normalized spacial score (nSPS) is 23.9. The Hall–Kier alpha value is -1.13. The number of benzene rings is 1. The largest absolute Gasteiger partial charge is 0.544 e. The summed E-state index contributed by atoms with van der Waals surface area (Å²) in [5.74, 6) is -1.45. The molecule has 0 spiro atoms. The summed E-state index contributed by atoms with van der Waals surface area (Å²) in [6.07, 6.45) is 1.41. The minimum atomic E-state index is -1.06. The first kappa shape index (κ1) is 12.3. The van der Waals surface area contributed by atoms with E-state index in [0.29, 0.717) is 30.1 Å². The number of carbonyl (C=O) groups excluding carboxylic acids is 1. The molecule has 1 fully saturated rings. The second-order valence-corrected chi connectivity index (χ2v) is 4.71. The Kier molecular flexibility index (Phi) is 3.64. The predicted octanol–water partition coefficient (Wildman–Crippen LogP) is -0.224. The predicted molar refractivity (Wildman–Crippen MR) is 59.0 cm³/mol. The first-order chi connectivity index (χ1) is 8.09. The Morgan fingerprint density at radius 1 is 1.59 bits per heavy atom. The highest BCUT2D eigenvalue weighted by Crippen LogP contribution is 2.18. The summed E-state index contributed by atoms with van der Waals surface area (Å²) in [4.78, 5) is 11.7. The molecule has 1 aliphatic rings. The van der Waals surface area contributed by atoms with Crippen LogP contribution in [0, 0.1) is 5.82 Å². The molecular formula is C12H13ClFNO2. The number of hydrogen-bond acceptors (Lipinski definition) is 2. The number of quaternary nitrogens is 1. The lowest BCUT2D eigenvalue weighted by Gasteiger charge is -2.22. The van der Waals surface area contributed by atoms with Crippen LogP contribution in [0.2, 0.25) is 5.02 Å². The van der Waals surface area contributed by atoms with Gasteiger partial charge in [0.1, 0.15) is 18.4 Å². The summed E-state index contributed by atoms with van der Waals surface area (Å²) < 4.78 is 13.6. The fraction of sp³-hybridized carbons (Fsp3) is 0.417. The topological polar surface area (TPSA) is 44.6 Å². The van der Waals surface area contributed by atoms with Crippen LogP contribution in [0.3, 0.4) is 0 Å². The van der Waals surface area contributed by atoms with Gasteiger partial charge in [-0.3, -0.25) is 0 Å². The van der Waals surface area contributed by atoms with Crippen LogP contribution in [0.5, 0.6) is 0 Å². The lowest BCUT2D eigenvalue weighted by Crippen LogP contribution is -3.14. The molecule has 2 rings (SSSR count). The molecule has 3 nitrogen and oxygen atoms in total. The highest BCUT2D eigenvalue weighted by atomic mass is 35.5. The maximum absolute atomic E-state index is 13.6. The Morgan fingerprint density at radius 2 is 2.35 bits per heavy atom. The molecule has 0 aliphatic carbocycles. The summed E-state index contributed by atoms with van der Waals surface area (Å²) in [6, 6.07) is 3.94. The first-order valence-corrected chi connectivity index (χ1v) is 5.95. The van der Waals surface area contributed by atoms with Crippen molar-refractivity contribution in [2.24, 2.45) is 0 Å². The lowest BCUT2D eigenvalue weighted by atomic mass is 10.1. The molecule has 1 aliphatic heterocycles. The van der Waals surface area contributed by atoms with E-state index in [1.54, 1.807) is 6.07 Å². The smallest absolute Gasteiger partial charge is 0.133 e. The number of rotatable bonds is 3. The van der Waals surface area contributed by atoms with Gasteiger partial charge in [-0.2, -0.15) is 0 Å². The molecule has 0 radical (unpaired) electrons. The summed E-state index contributed by atoms with van der Waals surface area (Å²) in [7, 11) is 0. The molecular weight excluding hydrogens is 245 g/mol. The van der Waals surface area contributed by atoms with Gasteiger partial charge in [0.25, 0.3) is 0 Å². The lowest BCUT2D eigenvalue weighted by molar-refractivity contribution is -0.919. The van der Waals surface area contributed by atoms with E-state index < -0.39 is 12.0 Å². The Morgan fingerprint density at radius 3 is 3.00 bits per heavy atom. The van der Waals surface area contributed by atoms with Gasteiger partial charge in [0, 0.05) is 12.8 Å². The zero-order valence-corrected chi connectivity index (χ0v) is 9.97. The molecule has 1 N–H and O–H groups in total. The van der Waals surface area contributed by atoms with Gasteiger partial charge in [0.15, 0.2) is 0 Å². The van der Waals surface area contributed by atoms with E-state index in [1.807, 2.05) is 0 Å². The van der Waals surface area contributed by atoms with Crippen LogP contribution in [-0.4, -0.2) is 18.6 Å². The average Bonchev–Trinajstić information content (AvgIpc) is 2.72. The van der Waals surface area contributed by atoms with E-state index in [1.165, 1.54) is 12.1 Å². The molecule has 0 aromatic heterocycles. The number of carboxylic acid groups (broad SMARTS) is 1. The van der Waals surface area contributed by atoms with E-state index in [0.717, 1.165) is 11.3 Å². The average molecular weight is 258 g/mol. The fourth-order valence-corrected chi connectivity index (χ4v) is 2.57. The maximum atomic E-state index is 13.6. The summed E-state index contributed by atoms with van der Waals surface area (Å²) in [5.41, 5.74) is 0.386. The molecule has 1 saturated heterocycles. The van der Waals surface area contributed by atoms with Gasteiger partial charge in [0.05, 0.1) is 23.1 Å². The minimum Gasteiger partial charge on any atom is -0.544 e. The Labute approximate surface area is 104 Å². The quantitative estimate of drug-likeness (QED) is 0.814. The number of halogens is 2. The van der Waals surface area contributed by atoms with Crippen molar-refractivity contribution in [1.29, 1.82) is 0 Å². The van der Waals surface area contributed by atoms with E-state index in [2.05, 4.69) is 0 Å². The van der Waals surface area contributed by atoms with Crippen molar-refractivity contribution < 1.29 is 19.2 Å². The maximum Gasteiger partial charge on any atom is 0.133 e. The van der Waals surface area contributed by atoms with Crippen molar-refractivity contribution in [2.75, 3.05) is 6.54 Å². The second kappa shape index (κ2) is 5.02. The van der Waals surface area contributed by atoms with E-state index in [9.17, 15) is 14.3 Å². The summed E-state index contributed by atoms with van der Waals surface area (Å²) in [6.45, 7) is 1.01. The van der Waals surface area contributed by atoms with Gasteiger partial charge < -0.3 is 14.8 Å². The first-order valence-electron chi connectivity index (χ1n) is 5.58. The van der Waals surface area contributed by atoms with E-state index in [-0.39, 0.29) is 5.82 Å². The van der Waals surface area contributed by atoms with Crippen LogP contribution in [-0.2, 0) is 11.3 Å². The van der Waals surface area contributed by atoms with Crippen molar-refractivity contribution >= 4 is 17.6 Å². The highest BCUT2D eigenvalue weighted by molar-refractivity contribution is 6.31. The van der Waals surface area contributed by atoms with E-state index >= 15 is 0 Å². The van der Waals surface area contributed by atoms with Gasteiger partial charge in [-0.05, 0) is 12.1 Å². The number of carboxylic acids is 1. The zero-order chi connectivity index (χ0) is 12.4. The Balaban J connectivity index is 2.18. The monoisotopic (exact) mass is 257 g/mol. The van der Waals surface area contributed by atoms with Crippen molar-refractivity contribution in [2.45, 2.75) is 25.4 Å². The third kappa shape index (κ3) is 2.58. The molecule has 92 valence electrons. The third-order valence-electron chi connectivity index (χ3n) is 3.23. The van der Waals surface area contributed by atoms with Gasteiger partial charge in [-0.15, -0.1) is 0 Å². The van der Waals surface area contributed by atoms with Crippen LogP contribution in [0.25, 0.3) is 0 Å². The second-order valence-electron chi connectivity index (χ2n) is 4.30. The molecule has 5 heteroatoms. The van der Waals surface area contributed by atoms with Gasteiger partial charge in [0.2, 0.25) is 0 Å². The van der Waals surface area contributed by atoms with Crippen molar-refractivity contribution in [3.8, 4) is 0 Å². The standard InChI is InChI=1S/C12H13ClFNO2/c13-9-3-1-4-10(14)8(9)7-15-6-2-5-11(15)12(16)17/h1,3-4,11H,2,5-7H2,(H,16,17)/t11-/m0/s1. The molecule has 0 saturated carbocycles. The van der Waals surface area contributed by atoms with Gasteiger partial charge >= 0.3 is 0 Å². The highest BCUT2D eigenvalue weighted by Gasteiger charge is 2.30. The zero-order valence-electron chi connectivity index (χ0n) is 9.21. The molecule has 1 aromatic carbocycles. The van der Waals surface area contributed by atoms with Crippen molar-refractivity contribution in [1.82, 2.24) is 0 Å². The van der Waals surface area contributed by atoms with Crippen LogP contribution in [0.4, 0.5) is 4.39 Å². The van der Waals surface area contributed by atoms with Crippen LogP contribution >= 0.6 is 11.6 Å². The van der Waals surface area contributed by atoms with Gasteiger partial charge in [-0.1, -0.05) is 17.7 Å². The molecule has 17 heavy (non-hydrogen) atoms. The molecule has 1 heterocycles. The molecule has 2 atom stereocenters. The summed E-state index contributed by atoms with van der Waals surface area (Å²) in [5, 5.41) is 11.3.